The summed E-state index contributed by atoms with van der Waals surface area (Å²) in [6.45, 7) is 19.2. The molecule has 1 aromatic heterocycles. The van der Waals surface area contributed by atoms with Crippen LogP contribution in [0.2, 0.25) is 23.2 Å². The van der Waals surface area contributed by atoms with Gasteiger partial charge in [0.15, 0.2) is 14.5 Å². The Labute approximate surface area is 402 Å². The van der Waals surface area contributed by atoms with Gasteiger partial charge < -0.3 is 37.2 Å². The summed E-state index contributed by atoms with van der Waals surface area (Å²) in [4.78, 5) is 18.7. The number of halogens is 1. The maximum atomic E-state index is 14.3. The minimum atomic E-state index is -2.67. The van der Waals surface area contributed by atoms with Gasteiger partial charge in [0.25, 0.3) is 8.53 Å². The molecule has 0 N–H and O–H groups in total. The fourth-order valence-corrected chi connectivity index (χ4v) is 11.0. The van der Waals surface area contributed by atoms with Gasteiger partial charge in [-0.2, -0.15) is 10.2 Å². The molecule has 5 atom stereocenters. The molecule has 0 amide bonds. The molecule has 0 saturated carbocycles. The molecule has 1 fully saturated rings. The van der Waals surface area contributed by atoms with E-state index in [1.165, 1.54) is 4.57 Å². The van der Waals surface area contributed by atoms with Crippen LogP contribution in [0.4, 0.5) is 0 Å². The molecule has 5 aromatic rings. The molecule has 358 valence electrons. The standard InChI is InChI=1S/C51H64ClN4O9PSi/c1-35(2)56(36(3)4)66(61-33-15-31-53)64-46-44(34-60-51(37-16-13-12-14-17-37,38-18-24-41(58-8)25-19-38)39-20-26-42(59-9)27-21-39)63-48(47(46)65-67(10,11)50(5,6)7)55-32-30-45(54-49(55)57)62-43-28-22-40(52)23-29-43/h12-14,16-30,32,35-36,44,46-48H,15,33-34H2,1-11H3/t44-,46+,47+,48-,66?/m1/s1. The lowest BCUT2D eigenvalue weighted by atomic mass is 9.80. The number of hydrogen-bond acceptors (Lipinski definition) is 12. The summed E-state index contributed by atoms with van der Waals surface area (Å²) in [5.74, 6) is 1.95. The predicted molar refractivity (Wildman–Crippen MR) is 264 cm³/mol. The lowest BCUT2D eigenvalue weighted by Gasteiger charge is -2.42. The van der Waals surface area contributed by atoms with Crippen LogP contribution in [0.25, 0.3) is 0 Å². The molecule has 6 rings (SSSR count). The normalized spacial score (nSPS) is 18.3. The second-order valence-electron chi connectivity index (χ2n) is 18.4. The van der Waals surface area contributed by atoms with E-state index in [1.54, 1.807) is 50.7 Å². The van der Waals surface area contributed by atoms with Gasteiger partial charge in [-0.05, 0) is 111 Å². The van der Waals surface area contributed by atoms with Gasteiger partial charge in [0.05, 0.1) is 39.9 Å². The van der Waals surface area contributed by atoms with E-state index < -0.39 is 52.7 Å². The molecule has 16 heteroatoms. The highest BCUT2D eigenvalue weighted by molar-refractivity contribution is 7.44. The zero-order chi connectivity index (χ0) is 48.5. The quantitative estimate of drug-likeness (QED) is 0.0300. The molecule has 1 aliphatic heterocycles. The summed E-state index contributed by atoms with van der Waals surface area (Å²) in [7, 11) is -1.25. The first-order valence-corrected chi connectivity index (χ1v) is 26.9. The van der Waals surface area contributed by atoms with E-state index >= 15 is 0 Å². The topological polar surface area (TPSA) is 136 Å². The van der Waals surface area contributed by atoms with Gasteiger partial charge in [0, 0.05) is 29.4 Å². The van der Waals surface area contributed by atoms with Crippen molar-refractivity contribution in [2.75, 3.05) is 27.4 Å². The molecule has 13 nitrogen and oxygen atoms in total. The Morgan fingerprint density at radius 3 is 1.88 bits per heavy atom. The van der Waals surface area contributed by atoms with Crippen LogP contribution in [-0.4, -0.2) is 80.4 Å². The Morgan fingerprint density at radius 2 is 1.37 bits per heavy atom. The monoisotopic (exact) mass is 970 g/mol. The third kappa shape index (κ3) is 12.2. The number of rotatable bonds is 21. The van der Waals surface area contributed by atoms with Crippen LogP contribution in [0.5, 0.6) is 23.1 Å². The Hall–Kier alpha value is -4.65. The average Bonchev–Trinajstić information content (AvgIpc) is 3.62. The van der Waals surface area contributed by atoms with Gasteiger partial charge in [0.2, 0.25) is 5.88 Å². The fourth-order valence-electron chi connectivity index (χ4n) is 7.79. The molecule has 1 aliphatic rings. The van der Waals surface area contributed by atoms with E-state index in [0.29, 0.717) is 22.3 Å². The highest BCUT2D eigenvalue weighted by Gasteiger charge is 2.54. The van der Waals surface area contributed by atoms with Crippen molar-refractivity contribution in [1.82, 2.24) is 14.2 Å². The number of hydrogen-bond donors (Lipinski definition) is 0. The number of aromatic nitrogens is 2. The van der Waals surface area contributed by atoms with Crippen LogP contribution in [0.15, 0.2) is 120 Å². The smallest absolute Gasteiger partial charge is 0.353 e. The van der Waals surface area contributed by atoms with Crippen molar-refractivity contribution < 1.29 is 37.2 Å². The third-order valence-corrected chi connectivity index (χ3v) is 19.0. The number of benzene rings is 4. The summed E-state index contributed by atoms with van der Waals surface area (Å²) in [5.41, 5.74) is 0.687. The van der Waals surface area contributed by atoms with Crippen LogP contribution in [-0.2, 0) is 28.5 Å². The van der Waals surface area contributed by atoms with Gasteiger partial charge in [-0.25, -0.2) is 9.46 Å². The largest absolute Gasteiger partial charge is 0.497 e. The summed E-state index contributed by atoms with van der Waals surface area (Å²) in [6, 6.07) is 36.3. The fraction of sp³-hybridized carbons (Fsp3) is 0.431. The van der Waals surface area contributed by atoms with Crippen LogP contribution in [0.1, 0.15) is 77.8 Å². The average molecular weight is 972 g/mol. The molecule has 0 radical (unpaired) electrons. The second kappa shape index (κ2) is 22.6. The Kier molecular flexibility index (Phi) is 17.5. The van der Waals surface area contributed by atoms with Crippen molar-refractivity contribution in [2.24, 2.45) is 0 Å². The zero-order valence-corrected chi connectivity index (χ0v) is 43.0. The molecule has 4 aromatic carbocycles. The van der Waals surface area contributed by atoms with Gasteiger partial charge in [-0.1, -0.05) is 87.0 Å². The van der Waals surface area contributed by atoms with Crippen molar-refractivity contribution >= 4 is 28.4 Å². The van der Waals surface area contributed by atoms with Crippen LogP contribution in [0, 0.1) is 11.3 Å². The van der Waals surface area contributed by atoms with Crippen molar-refractivity contribution in [1.29, 1.82) is 5.26 Å². The van der Waals surface area contributed by atoms with Crippen LogP contribution >= 0.6 is 20.1 Å². The second-order valence-corrected chi connectivity index (χ2v) is 25.0. The lowest BCUT2D eigenvalue weighted by molar-refractivity contribution is -0.0943. The minimum absolute atomic E-state index is 0.00310. The molecular formula is C51H64ClN4O9PSi. The summed E-state index contributed by atoms with van der Waals surface area (Å²) < 4.78 is 56.7. The van der Waals surface area contributed by atoms with Crippen LogP contribution < -0.4 is 19.9 Å². The van der Waals surface area contributed by atoms with Crippen molar-refractivity contribution in [3.05, 3.63) is 148 Å². The van der Waals surface area contributed by atoms with Crippen molar-refractivity contribution in [2.45, 2.75) is 115 Å². The Balaban J connectivity index is 1.53. The molecule has 0 aliphatic carbocycles. The molecule has 0 spiro atoms. The third-order valence-electron chi connectivity index (χ3n) is 12.1. The predicted octanol–water partition coefficient (Wildman–Crippen LogP) is 11.7. The lowest BCUT2D eigenvalue weighted by Crippen LogP contribution is -2.50. The van der Waals surface area contributed by atoms with E-state index in [0.717, 1.165) is 16.7 Å². The summed E-state index contributed by atoms with van der Waals surface area (Å²) >= 11 is 6.12. The first kappa shape index (κ1) is 51.7. The van der Waals surface area contributed by atoms with Crippen molar-refractivity contribution in [3.63, 3.8) is 0 Å². The van der Waals surface area contributed by atoms with E-state index in [4.69, 9.17) is 48.8 Å². The van der Waals surface area contributed by atoms with E-state index in [-0.39, 0.29) is 42.6 Å². The van der Waals surface area contributed by atoms with Gasteiger partial charge in [0.1, 0.15) is 41.2 Å². The van der Waals surface area contributed by atoms with Crippen molar-refractivity contribution in [3.8, 4) is 29.2 Å². The van der Waals surface area contributed by atoms with Gasteiger partial charge in [-0.15, -0.1) is 0 Å². The Bertz CT molecular complexity index is 2390. The summed E-state index contributed by atoms with van der Waals surface area (Å²) in [6.07, 6.45) is -1.85. The maximum Gasteiger partial charge on any atom is 0.353 e. The molecule has 1 saturated heterocycles. The zero-order valence-electron chi connectivity index (χ0n) is 40.3. The van der Waals surface area contributed by atoms with E-state index in [1.807, 2.05) is 78.9 Å². The van der Waals surface area contributed by atoms with E-state index in [2.05, 4.69) is 77.3 Å². The first-order valence-electron chi connectivity index (χ1n) is 22.5. The van der Waals surface area contributed by atoms with E-state index in [9.17, 15) is 10.1 Å². The number of ether oxygens (including phenoxy) is 5. The van der Waals surface area contributed by atoms with Gasteiger partial charge >= 0.3 is 5.69 Å². The number of nitrogens with zero attached hydrogens (tertiary/aromatic N) is 4. The maximum absolute atomic E-state index is 14.3. The van der Waals surface area contributed by atoms with Gasteiger partial charge in [-0.3, -0.25) is 4.57 Å². The number of nitriles is 1. The number of methoxy groups -OCH3 is 2. The molecule has 67 heavy (non-hydrogen) atoms. The molecule has 2 heterocycles. The Morgan fingerprint density at radius 1 is 0.821 bits per heavy atom. The highest BCUT2D eigenvalue weighted by atomic mass is 35.5. The SMILES string of the molecule is COc1ccc(C(OC[C@H]2O[C@@H](n3ccc(Oc4ccc(Cl)cc4)nc3=O)[C@@H](O[Si](C)(C)C(C)(C)C)[C@H]2OP(OCCC#N)N(C(C)C)C(C)C)(c2ccccc2)c2ccc(OC)cc2)cc1. The molecule has 1 unspecified atom stereocenters. The summed E-state index contributed by atoms with van der Waals surface area (Å²) in [5, 5.41) is 9.90. The minimum Gasteiger partial charge on any atom is -0.497 e. The van der Waals surface area contributed by atoms with Crippen LogP contribution in [0.3, 0.4) is 0 Å². The molecule has 0 bridgehead atoms. The molecular weight excluding hydrogens is 907 g/mol. The highest BCUT2D eigenvalue weighted by Crippen LogP contribution is 2.52. The first-order chi connectivity index (χ1) is 31.9.